The van der Waals surface area contributed by atoms with Gasteiger partial charge in [-0.1, -0.05) is 45.3 Å². The third kappa shape index (κ3) is 5.87. The minimum atomic E-state index is -0.110. The molecule has 1 saturated carbocycles. The van der Waals surface area contributed by atoms with Gasteiger partial charge in [-0.2, -0.15) is 0 Å². The molecule has 19 heavy (non-hydrogen) atoms. The molecule has 0 aliphatic heterocycles. The first-order valence-corrected chi connectivity index (χ1v) is 7.43. The summed E-state index contributed by atoms with van der Waals surface area (Å²) in [5, 5.41) is 0. The zero-order chi connectivity index (χ0) is 14.1. The van der Waals surface area contributed by atoms with E-state index in [1.165, 1.54) is 32.1 Å². The second-order valence-electron chi connectivity index (χ2n) is 5.68. The lowest BCUT2D eigenvalue weighted by Gasteiger charge is -2.25. The van der Waals surface area contributed by atoms with E-state index in [1.54, 1.807) is 7.11 Å². The van der Waals surface area contributed by atoms with Crippen LogP contribution in [0.2, 0.25) is 0 Å². The minimum Gasteiger partial charge on any atom is -0.359 e. The maximum absolute atomic E-state index is 11.0. The molecule has 1 fully saturated rings. The van der Waals surface area contributed by atoms with Crippen molar-refractivity contribution >= 4 is 6.29 Å². The van der Waals surface area contributed by atoms with Crippen LogP contribution in [-0.4, -0.2) is 26.3 Å². The third-order valence-corrected chi connectivity index (χ3v) is 3.97. The second kappa shape index (κ2) is 9.27. The van der Waals surface area contributed by atoms with Crippen LogP contribution < -0.4 is 0 Å². The van der Waals surface area contributed by atoms with E-state index in [0.29, 0.717) is 5.92 Å². The first-order valence-electron chi connectivity index (χ1n) is 7.43. The molecule has 0 N–H and O–H groups in total. The Hall–Kier alpha value is -0.670. The van der Waals surface area contributed by atoms with Gasteiger partial charge in [-0.05, 0) is 18.8 Å². The van der Waals surface area contributed by atoms with E-state index < -0.39 is 0 Å². The van der Waals surface area contributed by atoms with Crippen LogP contribution >= 0.6 is 0 Å². The van der Waals surface area contributed by atoms with Crippen LogP contribution in [0.4, 0.5) is 0 Å². The molecule has 0 aromatic rings. The lowest BCUT2D eigenvalue weighted by Crippen LogP contribution is -2.30. The van der Waals surface area contributed by atoms with Crippen LogP contribution in [0.25, 0.3) is 0 Å². The van der Waals surface area contributed by atoms with Gasteiger partial charge in [0.2, 0.25) is 0 Å². The summed E-state index contributed by atoms with van der Waals surface area (Å²) in [6.07, 6.45) is 12.1. The SMILES string of the molecule is COCO[C@@H]([C@@H](C)C=O)[C@@H](C)/C=C/C1CCCCC1. The van der Waals surface area contributed by atoms with Crippen LogP contribution in [0, 0.1) is 17.8 Å². The van der Waals surface area contributed by atoms with Crippen LogP contribution in [0.1, 0.15) is 46.0 Å². The predicted molar refractivity (Wildman–Crippen MR) is 76.9 cm³/mol. The average Bonchev–Trinajstić information content (AvgIpc) is 2.46. The Kier molecular flexibility index (Phi) is 7.99. The highest BCUT2D eigenvalue weighted by molar-refractivity contribution is 5.54. The van der Waals surface area contributed by atoms with Crippen LogP contribution in [0.3, 0.4) is 0 Å². The topological polar surface area (TPSA) is 35.5 Å². The molecule has 1 aliphatic rings. The number of aldehydes is 1. The van der Waals surface area contributed by atoms with Gasteiger partial charge in [-0.25, -0.2) is 0 Å². The second-order valence-corrected chi connectivity index (χ2v) is 5.68. The Bertz CT molecular complexity index is 269. The molecule has 1 rings (SSSR count). The number of carbonyl (C=O) groups is 1. The van der Waals surface area contributed by atoms with Gasteiger partial charge in [0.05, 0.1) is 6.10 Å². The van der Waals surface area contributed by atoms with Crippen molar-refractivity contribution in [1.29, 1.82) is 0 Å². The van der Waals surface area contributed by atoms with Gasteiger partial charge >= 0.3 is 0 Å². The predicted octanol–water partition coefficient (Wildman–Crippen LogP) is 3.58. The summed E-state index contributed by atoms with van der Waals surface area (Å²) >= 11 is 0. The van der Waals surface area contributed by atoms with Crippen molar-refractivity contribution in [2.24, 2.45) is 17.8 Å². The highest BCUT2D eigenvalue weighted by Gasteiger charge is 2.23. The van der Waals surface area contributed by atoms with Crippen LogP contribution in [0.15, 0.2) is 12.2 Å². The molecule has 3 nitrogen and oxygen atoms in total. The van der Waals surface area contributed by atoms with E-state index in [9.17, 15) is 4.79 Å². The molecule has 0 aromatic heterocycles. The van der Waals surface area contributed by atoms with E-state index in [4.69, 9.17) is 9.47 Å². The molecule has 0 bridgehead atoms. The number of ether oxygens (including phenoxy) is 2. The molecule has 3 heteroatoms. The Labute approximate surface area is 117 Å². The van der Waals surface area contributed by atoms with Crippen LogP contribution in [-0.2, 0) is 14.3 Å². The zero-order valence-electron chi connectivity index (χ0n) is 12.5. The summed E-state index contributed by atoms with van der Waals surface area (Å²) in [7, 11) is 1.60. The van der Waals surface area contributed by atoms with Crippen molar-refractivity contribution in [3.63, 3.8) is 0 Å². The summed E-state index contributed by atoms with van der Waals surface area (Å²) in [6.45, 7) is 4.25. The molecule has 0 saturated heterocycles. The van der Waals surface area contributed by atoms with Crippen molar-refractivity contribution in [3.8, 4) is 0 Å². The number of carbonyl (C=O) groups excluding carboxylic acids is 1. The lowest BCUT2D eigenvalue weighted by molar-refractivity contribution is -0.126. The van der Waals surface area contributed by atoms with Crippen molar-refractivity contribution in [3.05, 3.63) is 12.2 Å². The molecule has 110 valence electrons. The van der Waals surface area contributed by atoms with E-state index in [1.807, 2.05) is 6.92 Å². The molecule has 0 unspecified atom stereocenters. The Morgan fingerprint density at radius 2 is 1.84 bits per heavy atom. The molecular weight excluding hydrogens is 240 g/mol. The number of allylic oxidation sites excluding steroid dienone is 1. The third-order valence-electron chi connectivity index (χ3n) is 3.97. The lowest BCUT2D eigenvalue weighted by atomic mass is 9.87. The molecule has 1 aliphatic carbocycles. The number of hydrogen-bond donors (Lipinski definition) is 0. The quantitative estimate of drug-likeness (QED) is 0.383. The van der Waals surface area contributed by atoms with Gasteiger partial charge in [0.1, 0.15) is 13.1 Å². The molecule has 3 atom stereocenters. The standard InChI is InChI=1S/C16H28O3/c1-13(9-10-15-7-5-4-6-8-15)16(14(2)11-17)19-12-18-3/h9-11,13-16H,4-8,12H2,1-3H3/b10-9+/t13-,14-,16+/m0/s1. The maximum Gasteiger partial charge on any atom is 0.146 e. The molecular formula is C16H28O3. The van der Waals surface area contributed by atoms with Gasteiger partial charge in [0, 0.05) is 18.9 Å². The normalized spacial score (nSPS) is 22.3. The monoisotopic (exact) mass is 268 g/mol. The number of rotatable bonds is 8. The molecule has 0 spiro atoms. The smallest absolute Gasteiger partial charge is 0.146 e. The van der Waals surface area contributed by atoms with E-state index in [0.717, 1.165) is 6.29 Å². The molecule has 0 amide bonds. The largest absolute Gasteiger partial charge is 0.359 e. The summed E-state index contributed by atoms with van der Waals surface area (Å²) in [5.41, 5.74) is 0. The summed E-state index contributed by atoms with van der Waals surface area (Å²) < 4.78 is 10.6. The fourth-order valence-corrected chi connectivity index (χ4v) is 2.77. The number of methoxy groups -OCH3 is 1. The van der Waals surface area contributed by atoms with Gasteiger partial charge in [0.25, 0.3) is 0 Å². The van der Waals surface area contributed by atoms with Gasteiger partial charge in [-0.15, -0.1) is 0 Å². The molecule has 0 aromatic carbocycles. The van der Waals surface area contributed by atoms with Gasteiger partial charge in [-0.3, -0.25) is 0 Å². The van der Waals surface area contributed by atoms with Crippen molar-refractivity contribution in [1.82, 2.24) is 0 Å². The highest BCUT2D eigenvalue weighted by Crippen LogP contribution is 2.26. The average molecular weight is 268 g/mol. The fourth-order valence-electron chi connectivity index (χ4n) is 2.77. The van der Waals surface area contributed by atoms with E-state index in [2.05, 4.69) is 19.1 Å². The zero-order valence-corrected chi connectivity index (χ0v) is 12.5. The first kappa shape index (κ1) is 16.4. The van der Waals surface area contributed by atoms with Gasteiger partial charge in [0.15, 0.2) is 0 Å². The van der Waals surface area contributed by atoms with Crippen molar-refractivity contribution in [2.75, 3.05) is 13.9 Å². The summed E-state index contributed by atoms with van der Waals surface area (Å²) in [6, 6.07) is 0. The Morgan fingerprint density at radius 1 is 1.16 bits per heavy atom. The molecule has 0 heterocycles. The highest BCUT2D eigenvalue weighted by atomic mass is 16.7. The van der Waals surface area contributed by atoms with E-state index >= 15 is 0 Å². The summed E-state index contributed by atoms with van der Waals surface area (Å²) in [4.78, 5) is 11.0. The Balaban J connectivity index is 2.51. The first-order chi connectivity index (χ1) is 9.19. The minimum absolute atomic E-state index is 0.0997. The molecule has 0 radical (unpaired) electrons. The van der Waals surface area contributed by atoms with E-state index in [-0.39, 0.29) is 24.7 Å². The fraction of sp³-hybridized carbons (Fsp3) is 0.812. The van der Waals surface area contributed by atoms with Crippen molar-refractivity contribution in [2.45, 2.75) is 52.1 Å². The van der Waals surface area contributed by atoms with Gasteiger partial charge < -0.3 is 14.3 Å². The Morgan fingerprint density at radius 3 is 2.42 bits per heavy atom. The van der Waals surface area contributed by atoms with Crippen molar-refractivity contribution < 1.29 is 14.3 Å². The van der Waals surface area contributed by atoms with Crippen LogP contribution in [0.5, 0.6) is 0 Å². The summed E-state index contributed by atoms with van der Waals surface area (Å²) in [5.74, 6) is 0.837. The number of hydrogen-bond acceptors (Lipinski definition) is 3. The maximum atomic E-state index is 11.0.